The maximum absolute atomic E-state index is 12.8. The number of carbonyl (C=O) groups is 3. The van der Waals surface area contributed by atoms with Crippen molar-refractivity contribution in [3.05, 3.63) is 36.0 Å². The Labute approximate surface area is 163 Å². The Morgan fingerprint density at radius 2 is 1.96 bits per heavy atom. The number of alkyl halides is 1. The fourth-order valence-electron chi connectivity index (χ4n) is 3.08. The van der Waals surface area contributed by atoms with Crippen molar-refractivity contribution in [3.63, 3.8) is 0 Å². The molecule has 28 heavy (non-hydrogen) atoms. The third kappa shape index (κ3) is 5.55. The predicted octanol–water partition coefficient (Wildman–Crippen LogP) is 2.32. The molecule has 3 N–H and O–H groups in total. The Hall–Kier alpha value is -2.90. The Bertz CT molecular complexity index is 834. The van der Waals surface area contributed by atoms with Gasteiger partial charge in [-0.05, 0) is 31.7 Å². The van der Waals surface area contributed by atoms with Gasteiger partial charge in [-0.15, -0.1) is 0 Å². The van der Waals surface area contributed by atoms with E-state index in [-0.39, 0.29) is 19.5 Å². The zero-order valence-electron chi connectivity index (χ0n) is 15.9. The summed E-state index contributed by atoms with van der Waals surface area (Å²) in [5.41, 5.74) is 6.45. The molecule has 0 saturated carbocycles. The van der Waals surface area contributed by atoms with Gasteiger partial charge < -0.3 is 20.4 Å². The van der Waals surface area contributed by atoms with Crippen LogP contribution in [-0.4, -0.2) is 42.2 Å². The van der Waals surface area contributed by atoms with Crippen LogP contribution in [0.1, 0.15) is 42.5 Å². The summed E-state index contributed by atoms with van der Waals surface area (Å²) in [6.07, 6.45) is 3.84. The monoisotopic (exact) mass is 391 g/mol. The minimum atomic E-state index is -0.961. The summed E-state index contributed by atoms with van der Waals surface area (Å²) in [6.45, 7) is 0.330. The first kappa shape index (κ1) is 21.4. The molecule has 1 aromatic heterocycles. The van der Waals surface area contributed by atoms with Gasteiger partial charge in [-0.3, -0.25) is 14.0 Å². The first-order valence-corrected chi connectivity index (χ1v) is 9.28. The molecule has 0 radical (unpaired) electrons. The first-order chi connectivity index (χ1) is 13.5. The molecule has 1 heterocycles. The van der Waals surface area contributed by atoms with Crippen molar-refractivity contribution < 1.29 is 23.5 Å². The maximum atomic E-state index is 12.8. The van der Waals surface area contributed by atoms with E-state index in [9.17, 15) is 18.8 Å². The number of ether oxygens (including phenoxy) is 1. The Morgan fingerprint density at radius 3 is 2.64 bits per heavy atom. The Morgan fingerprint density at radius 1 is 1.21 bits per heavy atom. The number of primary amides is 1. The number of rotatable bonds is 11. The average Bonchev–Trinajstić information content (AvgIpc) is 3.06. The van der Waals surface area contributed by atoms with Crippen LogP contribution in [0.15, 0.2) is 30.5 Å². The second kappa shape index (κ2) is 10.4. The van der Waals surface area contributed by atoms with Crippen LogP contribution in [0.4, 0.5) is 4.39 Å². The normalized spacial score (nSPS) is 11.9. The number of carbonyl (C=O) groups excluding carboxylic acids is 3. The number of fused-ring (bicyclic) bond motifs is 1. The van der Waals surface area contributed by atoms with E-state index in [2.05, 4.69) is 5.32 Å². The molecule has 0 aliphatic heterocycles. The molecule has 1 atom stereocenters. The van der Waals surface area contributed by atoms with Crippen molar-refractivity contribution in [2.75, 3.05) is 13.8 Å². The molecule has 0 fully saturated rings. The largest absolute Gasteiger partial charge is 0.467 e. The number of aromatic nitrogens is 1. The van der Waals surface area contributed by atoms with Crippen LogP contribution in [0.25, 0.3) is 10.9 Å². The average molecular weight is 391 g/mol. The molecule has 152 valence electrons. The van der Waals surface area contributed by atoms with Gasteiger partial charge in [0.15, 0.2) is 0 Å². The number of para-hydroxylation sites is 1. The van der Waals surface area contributed by atoms with Crippen molar-refractivity contribution in [2.24, 2.45) is 5.73 Å². The SMILES string of the molecule is COC(=O)[C@@H](CCC(N)=O)NC(=O)c1cn(CCCCCF)c2ccccc12. The number of esters is 1. The molecule has 7 nitrogen and oxygen atoms in total. The van der Waals surface area contributed by atoms with Gasteiger partial charge in [0.05, 0.1) is 19.3 Å². The second-order valence-corrected chi connectivity index (χ2v) is 6.56. The van der Waals surface area contributed by atoms with E-state index >= 15 is 0 Å². The Balaban J connectivity index is 2.21. The topological polar surface area (TPSA) is 103 Å². The third-order valence-electron chi connectivity index (χ3n) is 4.54. The number of amides is 2. The molecular weight excluding hydrogens is 365 g/mol. The number of nitrogens with zero attached hydrogens (tertiary/aromatic N) is 1. The van der Waals surface area contributed by atoms with Crippen LogP contribution in [0.2, 0.25) is 0 Å². The number of hydrogen-bond donors (Lipinski definition) is 2. The summed E-state index contributed by atoms with van der Waals surface area (Å²) in [4.78, 5) is 35.8. The van der Waals surface area contributed by atoms with Gasteiger partial charge in [-0.25, -0.2) is 4.79 Å². The van der Waals surface area contributed by atoms with Crippen LogP contribution in [-0.2, 0) is 20.9 Å². The van der Waals surface area contributed by atoms with E-state index in [1.807, 2.05) is 28.8 Å². The number of hydrogen-bond acceptors (Lipinski definition) is 4. The number of nitrogens with two attached hydrogens (primary N) is 1. The molecule has 0 unspecified atom stereocenters. The minimum absolute atomic E-state index is 0.0453. The van der Waals surface area contributed by atoms with Crippen LogP contribution in [0.3, 0.4) is 0 Å². The fourth-order valence-corrected chi connectivity index (χ4v) is 3.08. The molecule has 0 spiro atoms. The predicted molar refractivity (Wildman–Crippen MR) is 103 cm³/mol. The molecule has 0 aliphatic carbocycles. The summed E-state index contributed by atoms with van der Waals surface area (Å²) >= 11 is 0. The first-order valence-electron chi connectivity index (χ1n) is 9.28. The van der Waals surface area contributed by atoms with Gasteiger partial charge in [-0.2, -0.15) is 0 Å². The number of halogens is 1. The van der Waals surface area contributed by atoms with Gasteiger partial charge in [0.1, 0.15) is 6.04 Å². The lowest BCUT2D eigenvalue weighted by molar-refractivity contribution is -0.143. The standard InChI is InChI=1S/C20H26FN3O4/c1-28-20(27)16(9-10-18(22)25)23-19(26)15-13-24(12-6-2-5-11-21)17-8-4-3-7-14(15)17/h3-4,7-8,13,16H,2,5-6,9-12H2,1H3,(H2,22,25)(H,23,26)/t16-/m1/s1. The molecule has 1 aromatic carbocycles. The molecule has 2 amide bonds. The Kier molecular flexibility index (Phi) is 7.98. The summed E-state index contributed by atoms with van der Waals surface area (Å²) in [5, 5.41) is 3.39. The molecule has 8 heteroatoms. The fraction of sp³-hybridized carbons (Fsp3) is 0.450. The van der Waals surface area contributed by atoms with Crippen molar-refractivity contribution in [1.29, 1.82) is 0 Å². The van der Waals surface area contributed by atoms with E-state index in [4.69, 9.17) is 10.5 Å². The number of benzene rings is 1. The quantitative estimate of drug-likeness (QED) is 0.453. The van der Waals surface area contributed by atoms with Crippen molar-refractivity contribution in [3.8, 4) is 0 Å². The number of nitrogens with one attached hydrogen (secondary N) is 1. The second-order valence-electron chi connectivity index (χ2n) is 6.56. The van der Waals surface area contributed by atoms with Gasteiger partial charge in [0.25, 0.3) is 5.91 Å². The lowest BCUT2D eigenvalue weighted by Crippen LogP contribution is -2.42. The molecule has 0 bridgehead atoms. The highest BCUT2D eigenvalue weighted by Gasteiger charge is 2.24. The van der Waals surface area contributed by atoms with E-state index in [1.54, 1.807) is 6.20 Å². The van der Waals surface area contributed by atoms with Crippen LogP contribution >= 0.6 is 0 Å². The van der Waals surface area contributed by atoms with Crippen molar-refractivity contribution in [1.82, 2.24) is 9.88 Å². The van der Waals surface area contributed by atoms with Crippen LogP contribution in [0.5, 0.6) is 0 Å². The van der Waals surface area contributed by atoms with E-state index in [1.165, 1.54) is 7.11 Å². The summed E-state index contributed by atoms with van der Waals surface area (Å²) in [5.74, 6) is -1.63. The van der Waals surface area contributed by atoms with Gasteiger partial charge in [0.2, 0.25) is 5.91 Å². The van der Waals surface area contributed by atoms with Crippen molar-refractivity contribution >= 4 is 28.7 Å². The smallest absolute Gasteiger partial charge is 0.328 e. The molecule has 0 saturated heterocycles. The minimum Gasteiger partial charge on any atom is -0.467 e. The zero-order valence-corrected chi connectivity index (χ0v) is 15.9. The summed E-state index contributed by atoms with van der Waals surface area (Å²) in [6, 6.07) is 6.49. The van der Waals surface area contributed by atoms with Gasteiger partial charge >= 0.3 is 5.97 Å². The van der Waals surface area contributed by atoms with E-state index in [0.717, 1.165) is 23.7 Å². The number of methoxy groups -OCH3 is 1. The highest BCUT2D eigenvalue weighted by molar-refractivity contribution is 6.08. The maximum Gasteiger partial charge on any atom is 0.328 e. The summed E-state index contributed by atoms with van der Waals surface area (Å²) in [7, 11) is 1.22. The van der Waals surface area contributed by atoms with Gasteiger partial charge in [-0.1, -0.05) is 18.2 Å². The van der Waals surface area contributed by atoms with Crippen molar-refractivity contribution in [2.45, 2.75) is 44.7 Å². The molecule has 0 aliphatic rings. The zero-order chi connectivity index (χ0) is 20.5. The van der Waals surface area contributed by atoms with Crippen LogP contribution in [0, 0.1) is 0 Å². The highest BCUT2D eigenvalue weighted by atomic mass is 19.1. The van der Waals surface area contributed by atoms with E-state index < -0.39 is 23.8 Å². The lowest BCUT2D eigenvalue weighted by Gasteiger charge is -2.15. The van der Waals surface area contributed by atoms with Gasteiger partial charge in [0, 0.05) is 30.1 Å². The van der Waals surface area contributed by atoms with Crippen LogP contribution < -0.4 is 11.1 Å². The van der Waals surface area contributed by atoms with E-state index in [0.29, 0.717) is 18.5 Å². The molecule has 2 rings (SSSR count). The lowest BCUT2D eigenvalue weighted by atomic mass is 10.1. The highest BCUT2D eigenvalue weighted by Crippen LogP contribution is 2.22. The molecule has 2 aromatic rings. The number of unbranched alkanes of at least 4 members (excludes halogenated alkanes) is 2. The third-order valence-corrected chi connectivity index (χ3v) is 4.54. The number of aryl methyl sites for hydroxylation is 1. The summed E-state index contributed by atoms with van der Waals surface area (Å²) < 4.78 is 19.0. The molecular formula is C20H26FN3O4.